The van der Waals surface area contributed by atoms with Gasteiger partial charge in [0.2, 0.25) is 26.0 Å². The molecular formula is C48H72N6O9S2. The molecule has 0 radical (unpaired) electrons. The summed E-state index contributed by atoms with van der Waals surface area (Å²) in [4.78, 5) is 21.7. The third-order valence-corrected chi connectivity index (χ3v) is 15.5. The van der Waals surface area contributed by atoms with Crippen LogP contribution in [0.15, 0.2) is 82.6 Å². The Kier molecular flexibility index (Phi) is 19.8. The Labute approximate surface area is 386 Å². The van der Waals surface area contributed by atoms with Gasteiger partial charge in [0.15, 0.2) is 0 Å². The molecule has 15 nitrogen and oxygen atoms in total. The Hall–Kier alpha value is -3.91. The molecular weight excluding hydrogens is 869 g/mol. The second-order valence-electron chi connectivity index (χ2n) is 17.7. The molecule has 0 aliphatic carbocycles. The summed E-state index contributed by atoms with van der Waals surface area (Å²) in [6.07, 6.45) is 4.90. The van der Waals surface area contributed by atoms with Gasteiger partial charge in [0, 0.05) is 100 Å². The smallest absolute Gasteiger partial charge is 0.241 e. The number of likely N-dealkylation sites (tertiary alicyclic amines) is 1. The van der Waals surface area contributed by atoms with Crippen molar-refractivity contribution in [2.75, 3.05) is 83.9 Å². The lowest BCUT2D eigenvalue weighted by Crippen LogP contribution is -2.62. The van der Waals surface area contributed by atoms with Gasteiger partial charge in [0.05, 0.1) is 28.5 Å². The average Bonchev–Trinajstić information content (AvgIpc) is 3.28. The first-order valence-corrected chi connectivity index (χ1v) is 26.1. The van der Waals surface area contributed by atoms with Crippen molar-refractivity contribution < 1.29 is 42.1 Å². The zero-order valence-corrected chi connectivity index (χ0v) is 40.2. The molecule has 17 heteroatoms. The summed E-state index contributed by atoms with van der Waals surface area (Å²) in [5, 5.41) is 43.4. The number of aliphatic hydroxyl groups is 4. The highest BCUT2D eigenvalue weighted by atomic mass is 32.2. The molecule has 1 heterocycles. The molecule has 6 N–H and O–H groups in total. The molecule has 4 atom stereocenters. The van der Waals surface area contributed by atoms with Gasteiger partial charge in [-0.15, -0.1) is 0 Å². The fourth-order valence-electron chi connectivity index (χ4n) is 8.83. The van der Waals surface area contributed by atoms with Crippen LogP contribution >= 0.6 is 0 Å². The second kappa shape index (κ2) is 24.7. The summed E-state index contributed by atoms with van der Waals surface area (Å²) in [6.45, 7) is 2.10. The monoisotopic (exact) mass is 940 g/mol. The van der Waals surface area contributed by atoms with E-state index in [0.717, 1.165) is 67.1 Å². The van der Waals surface area contributed by atoms with Crippen LogP contribution in [0.2, 0.25) is 0 Å². The maximum Gasteiger partial charge on any atom is 0.241 e. The predicted molar refractivity (Wildman–Crippen MR) is 259 cm³/mol. The molecule has 1 amide bonds. The van der Waals surface area contributed by atoms with Crippen molar-refractivity contribution in [3.05, 3.63) is 72.8 Å². The van der Waals surface area contributed by atoms with E-state index in [0.29, 0.717) is 75.6 Å². The number of piperidine rings is 1. The molecule has 4 aromatic carbocycles. The summed E-state index contributed by atoms with van der Waals surface area (Å²) < 4.78 is 59.0. The lowest BCUT2D eigenvalue weighted by molar-refractivity contribution is -0.145. The highest BCUT2D eigenvalue weighted by molar-refractivity contribution is 7.90. The van der Waals surface area contributed by atoms with Crippen molar-refractivity contribution in [1.29, 1.82) is 0 Å². The first-order valence-electron chi connectivity index (χ1n) is 23.1. The molecule has 360 valence electrons. The summed E-state index contributed by atoms with van der Waals surface area (Å²) in [5.74, 6) is 0.0608. The van der Waals surface area contributed by atoms with Crippen LogP contribution in [0.4, 0.5) is 11.4 Å². The van der Waals surface area contributed by atoms with Crippen LogP contribution in [0.3, 0.4) is 0 Å². The van der Waals surface area contributed by atoms with E-state index >= 15 is 0 Å². The zero-order chi connectivity index (χ0) is 47.1. The minimum absolute atomic E-state index is 0.0608. The van der Waals surface area contributed by atoms with E-state index in [1.807, 2.05) is 91.4 Å². The minimum atomic E-state index is -3.73. The summed E-state index contributed by atoms with van der Waals surface area (Å²) >= 11 is 0. The maximum atomic E-state index is 13.6. The molecule has 0 aromatic heterocycles. The number of β-amino-alcohol motifs (C(OH)–C–C–N with tert-alkyl or cyclic N) is 1. The van der Waals surface area contributed by atoms with E-state index in [2.05, 4.69) is 9.44 Å². The Morgan fingerprint density at radius 3 is 1.52 bits per heavy atom. The molecule has 0 spiro atoms. The second-order valence-corrected chi connectivity index (χ2v) is 21.1. The van der Waals surface area contributed by atoms with Crippen molar-refractivity contribution >= 4 is 58.9 Å². The van der Waals surface area contributed by atoms with E-state index in [1.54, 1.807) is 29.2 Å². The fourth-order valence-corrected chi connectivity index (χ4v) is 11.4. The summed E-state index contributed by atoms with van der Waals surface area (Å²) in [7, 11) is 0.256. The molecule has 1 aliphatic rings. The number of benzene rings is 4. The number of hydrogen-bond acceptors (Lipinski definition) is 12. The van der Waals surface area contributed by atoms with Crippen LogP contribution in [-0.4, -0.2) is 151 Å². The molecule has 0 unspecified atom stereocenters. The molecule has 1 saturated heterocycles. The quantitative estimate of drug-likeness (QED) is 0.0453. The largest absolute Gasteiger partial charge is 0.395 e. The summed E-state index contributed by atoms with van der Waals surface area (Å²) in [6, 6.07) is 21.3. The molecule has 65 heavy (non-hydrogen) atoms. The van der Waals surface area contributed by atoms with E-state index in [1.165, 1.54) is 0 Å². The average molecular weight is 941 g/mol. The van der Waals surface area contributed by atoms with Gasteiger partial charge >= 0.3 is 0 Å². The van der Waals surface area contributed by atoms with Gasteiger partial charge in [-0.3, -0.25) is 9.69 Å². The first-order chi connectivity index (χ1) is 31.1. The number of unbranched alkanes of at least 4 members (excludes halogenated alkanes) is 8. The van der Waals surface area contributed by atoms with Gasteiger partial charge in [0.25, 0.3) is 0 Å². The van der Waals surface area contributed by atoms with E-state index < -0.39 is 44.4 Å². The molecule has 0 saturated carbocycles. The van der Waals surface area contributed by atoms with Crippen LogP contribution in [0, 0.1) is 0 Å². The first kappa shape index (κ1) is 52.1. The number of anilines is 2. The normalized spacial score (nSPS) is 18.3. The molecule has 1 fully saturated rings. The fraction of sp³-hybridized carbons (Fsp3) is 0.562. The number of aliphatic hydroxyl groups excluding tert-OH is 4. The highest BCUT2D eigenvalue weighted by Crippen LogP contribution is 2.31. The number of amides is 1. The van der Waals surface area contributed by atoms with Crippen molar-refractivity contribution in [2.45, 2.75) is 111 Å². The van der Waals surface area contributed by atoms with Crippen molar-refractivity contribution in [1.82, 2.24) is 19.2 Å². The van der Waals surface area contributed by atoms with Gasteiger partial charge < -0.3 is 35.1 Å². The van der Waals surface area contributed by atoms with Gasteiger partial charge in [-0.2, -0.15) is 0 Å². The van der Waals surface area contributed by atoms with Crippen molar-refractivity contribution in [3.63, 3.8) is 0 Å². The van der Waals surface area contributed by atoms with E-state index in [-0.39, 0.29) is 28.8 Å². The molecule has 5 rings (SSSR count). The molecule has 4 aromatic rings. The van der Waals surface area contributed by atoms with Crippen molar-refractivity contribution in [3.8, 4) is 0 Å². The third kappa shape index (κ3) is 14.1. The Morgan fingerprint density at radius 2 is 1.05 bits per heavy atom. The van der Waals surface area contributed by atoms with Crippen LogP contribution in [0.1, 0.15) is 77.0 Å². The number of carbonyl (C=O) groups is 1. The van der Waals surface area contributed by atoms with Crippen LogP contribution in [-0.2, 0) is 24.8 Å². The number of rotatable bonds is 27. The summed E-state index contributed by atoms with van der Waals surface area (Å²) in [5.41, 5.74) is 1.89. The Balaban J connectivity index is 1.07. The lowest BCUT2D eigenvalue weighted by Gasteiger charge is -2.43. The topological polar surface area (TPSA) is 203 Å². The van der Waals surface area contributed by atoms with E-state index in [9.17, 15) is 42.1 Å². The number of carbonyl (C=O) groups excluding carboxylic acids is 1. The minimum Gasteiger partial charge on any atom is -0.395 e. The van der Waals surface area contributed by atoms with Gasteiger partial charge in [-0.05, 0) is 69.3 Å². The van der Waals surface area contributed by atoms with Crippen LogP contribution in [0.5, 0.6) is 0 Å². The van der Waals surface area contributed by atoms with Gasteiger partial charge in [-0.25, -0.2) is 26.3 Å². The SMILES string of the molecule is CN(C)c1cccc2c(S(=O)(=O)NCCCCCCN(CCCCCCNS(=O)(=O)c3cccc4c(N(C)C)cccc34)C(=O)CCCCCN3C[C@H](O)[C@@H](O)[C@H](O)[C@H]3CO)cccc12. The Morgan fingerprint density at radius 1 is 0.600 bits per heavy atom. The Bertz CT molecular complexity index is 2230. The van der Waals surface area contributed by atoms with E-state index in [4.69, 9.17) is 0 Å². The van der Waals surface area contributed by atoms with Crippen LogP contribution < -0.4 is 19.2 Å². The molecule has 0 bridgehead atoms. The lowest BCUT2D eigenvalue weighted by atomic mass is 9.94. The van der Waals surface area contributed by atoms with Crippen LogP contribution in [0.25, 0.3) is 21.5 Å². The zero-order valence-electron chi connectivity index (χ0n) is 38.6. The van der Waals surface area contributed by atoms with Gasteiger partial charge in [0.1, 0.15) is 12.2 Å². The van der Waals surface area contributed by atoms with Crippen molar-refractivity contribution in [2.24, 2.45) is 0 Å². The maximum absolute atomic E-state index is 13.6. The third-order valence-electron chi connectivity index (χ3n) is 12.5. The number of sulfonamides is 2. The van der Waals surface area contributed by atoms with Gasteiger partial charge in [-0.1, -0.05) is 80.6 Å². The predicted octanol–water partition coefficient (Wildman–Crippen LogP) is 4.65. The molecule has 1 aliphatic heterocycles. The standard InChI is InChI=1S/C48H72N6O9S2/c1-51(2)40-24-16-22-38-36(40)20-18-26-44(38)64(60,61)49-29-11-5-7-13-31-53(46(57)28-10-9-15-33-54-34-43(56)48(59)47(58)42(54)35-55)32-14-8-6-12-30-50-65(62,63)45-27-19-21-37-39(45)23-17-25-41(37)52(3)4/h16-27,42-43,47-50,55-56,58-59H,5-15,28-35H2,1-4H3/t42-,43+,47-,48-/m1/s1. The highest BCUT2D eigenvalue weighted by Gasteiger charge is 2.40. The number of nitrogens with one attached hydrogen (secondary N) is 2. The number of hydrogen-bond donors (Lipinski definition) is 6. The number of fused-ring (bicyclic) bond motifs is 2. The number of nitrogens with zero attached hydrogens (tertiary/aromatic N) is 4.